The first kappa shape index (κ1) is 14.4. The molecule has 0 aromatic rings. The van der Waals surface area contributed by atoms with Gasteiger partial charge in [0.05, 0.1) is 0 Å². The van der Waals surface area contributed by atoms with Gasteiger partial charge in [0.1, 0.15) is 6.04 Å². The van der Waals surface area contributed by atoms with Gasteiger partial charge in [-0.15, -0.1) is 0 Å². The Hall–Kier alpha value is -1.06. The molecule has 4 nitrogen and oxygen atoms in total. The molecular weight excluding hydrogens is 240 g/mol. The highest BCUT2D eigenvalue weighted by molar-refractivity contribution is 5.90. The maximum atomic E-state index is 12.6. The van der Waals surface area contributed by atoms with E-state index >= 15 is 0 Å². The zero-order valence-corrected chi connectivity index (χ0v) is 12.4. The van der Waals surface area contributed by atoms with Gasteiger partial charge in [-0.05, 0) is 24.2 Å². The molecule has 1 atom stereocenters. The van der Waals surface area contributed by atoms with E-state index in [1.807, 2.05) is 18.7 Å². The lowest BCUT2D eigenvalue weighted by molar-refractivity contribution is -0.136. The van der Waals surface area contributed by atoms with Gasteiger partial charge in [-0.25, -0.2) is 0 Å². The average molecular weight is 266 g/mol. The highest BCUT2D eigenvalue weighted by atomic mass is 16.2. The SMILES string of the molecule is CC(C)C1NC(=O)CCN(CC2(C)CCCC2)C1=O. The van der Waals surface area contributed by atoms with Crippen LogP contribution in [0.5, 0.6) is 0 Å². The molecule has 1 saturated heterocycles. The average Bonchev–Trinajstić information content (AvgIpc) is 2.71. The standard InChI is InChI=1S/C15H26N2O2/c1-11(2)13-14(19)17(9-6-12(18)16-13)10-15(3)7-4-5-8-15/h11,13H,4-10H2,1-3H3,(H,16,18). The van der Waals surface area contributed by atoms with Crippen LogP contribution >= 0.6 is 0 Å². The van der Waals surface area contributed by atoms with E-state index in [0.29, 0.717) is 13.0 Å². The van der Waals surface area contributed by atoms with Crippen LogP contribution in [0.2, 0.25) is 0 Å². The second-order valence-electron chi connectivity index (χ2n) is 6.82. The van der Waals surface area contributed by atoms with Gasteiger partial charge in [-0.1, -0.05) is 33.6 Å². The van der Waals surface area contributed by atoms with Crippen molar-refractivity contribution in [3.8, 4) is 0 Å². The van der Waals surface area contributed by atoms with Gasteiger partial charge >= 0.3 is 0 Å². The van der Waals surface area contributed by atoms with Crippen LogP contribution < -0.4 is 5.32 Å². The molecule has 2 rings (SSSR count). The van der Waals surface area contributed by atoms with E-state index in [0.717, 1.165) is 6.54 Å². The third-order valence-corrected chi connectivity index (χ3v) is 4.55. The zero-order valence-electron chi connectivity index (χ0n) is 12.4. The van der Waals surface area contributed by atoms with Crippen molar-refractivity contribution in [1.29, 1.82) is 0 Å². The van der Waals surface area contributed by atoms with Crippen molar-refractivity contribution in [3.05, 3.63) is 0 Å². The predicted molar refractivity (Wildman–Crippen MR) is 74.5 cm³/mol. The first-order valence-corrected chi connectivity index (χ1v) is 7.49. The van der Waals surface area contributed by atoms with E-state index in [1.165, 1.54) is 25.7 Å². The minimum atomic E-state index is -0.347. The van der Waals surface area contributed by atoms with Crippen LogP contribution in [-0.4, -0.2) is 35.8 Å². The van der Waals surface area contributed by atoms with Crippen LogP contribution in [0.1, 0.15) is 52.9 Å². The Balaban J connectivity index is 2.10. The van der Waals surface area contributed by atoms with Gasteiger partial charge in [0.15, 0.2) is 0 Å². The molecular formula is C15H26N2O2. The Bertz CT molecular complexity index is 359. The topological polar surface area (TPSA) is 49.4 Å². The summed E-state index contributed by atoms with van der Waals surface area (Å²) in [7, 11) is 0. The van der Waals surface area contributed by atoms with Crippen LogP contribution in [0.4, 0.5) is 0 Å². The maximum absolute atomic E-state index is 12.6. The van der Waals surface area contributed by atoms with Gasteiger partial charge in [-0.2, -0.15) is 0 Å². The lowest BCUT2D eigenvalue weighted by Crippen LogP contribution is -2.49. The Morgan fingerprint density at radius 1 is 1.32 bits per heavy atom. The van der Waals surface area contributed by atoms with E-state index in [4.69, 9.17) is 0 Å². The molecule has 1 N–H and O–H groups in total. The smallest absolute Gasteiger partial charge is 0.245 e. The van der Waals surface area contributed by atoms with Crippen molar-refractivity contribution < 1.29 is 9.59 Å². The monoisotopic (exact) mass is 266 g/mol. The molecule has 1 unspecified atom stereocenters. The molecule has 1 aliphatic carbocycles. The van der Waals surface area contributed by atoms with Crippen molar-refractivity contribution in [1.82, 2.24) is 10.2 Å². The summed E-state index contributed by atoms with van der Waals surface area (Å²) in [6.45, 7) is 7.64. The molecule has 108 valence electrons. The quantitative estimate of drug-likeness (QED) is 0.848. The van der Waals surface area contributed by atoms with Crippen molar-refractivity contribution in [2.45, 2.75) is 58.9 Å². The normalized spacial score (nSPS) is 27.6. The molecule has 2 fully saturated rings. The van der Waals surface area contributed by atoms with E-state index in [-0.39, 0.29) is 29.2 Å². The summed E-state index contributed by atoms with van der Waals surface area (Å²) in [6, 6.07) is -0.347. The summed E-state index contributed by atoms with van der Waals surface area (Å²) in [5.41, 5.74) is 0.255. The van der Waals surface area contributed by atoms with Gasteiger partial charge in [0.25, 0.3) is 0 Å². The van der Waals surface area contributed by atoms with Gasteiger partial charge in [0.2, 0.25) is 11.8 Å². The number of hydrogen-bond acceptors (Lipinski definition) is 2. The number of rotatable bonds is 3. The summed E-state index contributed by atoms with van der Waals surface area (Å²) >= 11 is 0. The molecule has 4 heteroatoms. The third-order valence-electron chi connectivity index (χ3n) is 4.55. The van der Waals surface area contributed by atoms with Crippen LogP contribution in [0, 0.1) is 11.3 Å². The summed E-state index contributed by atoms with van der Waals surface area (Å²) in [5.74, 6) is 0.258. The first-order valence-electron chi connectivity index (χ1n) is 7.49. The Morgan fingerprint density at radius 2 is 1.95 bits per heavy atom. The van der Waals surface area contributed by atoms with Crippen LogP contribution in [0.3, 0.4) is 0 Å². The number of nitrogens with zero attached hydrogens (tertiary/aromatic N) is 1. The summed E-state index contributed by atoms with van der Waals surface area (Å²) < 4.78 is 0. The van der Waals surface area contributed by atoms with Crippen molar-refractivity contribution in [2.24, 2.45) is 11.3 Å². The lowest BCUT2D eigenvalue weighted by Gasteiger charge is -2.33. The van der Waals surface area contributed by atoms with Crippen LogP contribution in [0.15, 0.2) is 0 Å². The lowest BCUT2D eigenvalue weighted by atomic mass is 9.88. The van der Waals surface area contributed by atoms with Crippen molar-refractivity contribution >= 4 is 11.8 Å². The summed E-state index contributed by atoms with van der Waals surface area (Å²) in [6.07, 6.45) is 5.37. The van der Waals surface area contributed by atoms with E-state index in [2.05, 4.69) is 12.2 Å². The predicted octanol–water partition coefficient (Wildman–Crippen LogP) is 1.94. The van der Waals surface area contributed by atoms with Crippen molar-refractivity contribution in [3.63, 3.8) is 0 Å². The van der Waals surface area contributed by atoms with Gasteiger partial charge in [-0.3, -0.25) is 9.59 Å². The first-order chi connectivity index (χ1) is 8.91. The Kier molecular flexibility index (Phi) is 4.16. The molecule has 1 heterocycles. The number of nitrogens with one attached hydrogen (secondary N) is 1. The number of amides is 2. The largest absolute Gasteiger partial charge is 0.344 e. The molecule has 19 heavy (non-hydrogen) atoms. The second kappa shape index (κ2) is 5.51. The van der Waals surface area contributed by atoms with E-state index in [1.54, 1.807) is 0 Å². The Labute approximate surface area is 115 Å². The summed E-state index contributed by atoms with van der Waals surface area (Å²) in [4.78, 5) is 26.2. The third kappa shape index (κ3) is 3.28. The van der Waals surface area contributed by atoms with Crippen molar-refractivity contribution in [2.75, 3.05) is 13.1 Å². The zero-order chi connectivity index (χ0) is 14.0. The van der Waals surface area contributed by atoms with E-state index < -0.39 is 0 Å². The van der Waals surface area contributed by atoms with Gasteiger partial charge < -0.3 is 10.2 Å². The molecule has 2 amide bonds. The molecule has 0 bridgehead atoms. The molecule has 0 radical (unpaired) electrons. The number of carbonyl (C=O) groups excluding carboxylic acids is 2. The minimum Gasteiger partial charge on any atom is -0.344 e. The molecule has 0 spiro atoms. The fourth-order valence-electron chi connectivity index (χ4n) is 3.31. The number of carbonyl (C=O) groups is 2. The van der Waals surface area contributed by atoms with Crippen LogP contribution in [0.25, 0.3) is 0 Å². The van der Waals surface area contributed by atoms with Crippen LogP contribution in [-0.2, 0) is 9.59 Å². The maximum Gasteiger partial charge on any atom is 0.245 e. The summed E-state index contributed by atoms with van der Waals surface area (Å²) in [5, 5.41) is 2.87. The van der Waals surface area contributed by atoms with E-state index in [9.17, 15) is 9.59 Å². The highest BCUT2D eigenvalue weighted by Gasteiger charge is 2.37. The fraction of sp³-hybridized carbons (Fsp3) is 0.867. The molecule has 1 saturated carbocycles. The molecule has 2 aliphatic rings. The molecule has 1 aliphatic heterocycles. The molecule has 0 aromatic carbocycles. The fourth-order valence-corrected chi connectivity index (χ4v) is 3.31. The Morgan fingerprint density at radius 3 is 2.53 bits per heavy atom. The molecule has 0 aromatic heterocycles. The minimum absolute atomic E-state index is 0.00567. The number of hydrogen-bond donors (Lipinski definition) is 1. The van der Waals surface area contributed by atoms with Gasteiger partial charge in [0, 0.05) is 19.5 Å². The highest BCUT2D eigenvalue weighted by Crippen LogP contribution is 2.38. The second-order valence-corrected chi connectivity index (χ2v) is 6.82.